The Morgan fingerprint density at radius 3 is 1.74 bits per heavy atom. The molecule has 0 spiro atoms. The SMILES string of the molecule is COCc1ccc(Nc2cc(CC(=O)C3CC3)nc3c2N=C(C(F)F)C3)c(S(C)(=O)=O)c1.COCc1ccc(Nc2cc(CC(=O)C3CC3)nc3c2nc(C(F)F)n3C2CCCCO2)c(S(C)(=O)=O)c1. The van der Waals surface area contributed by atoms with Crippen molar-refractivity contribution in [1.82, 2.24) is 19.5 Å². The second-order valence-electron chi connectivity index (χ2n) is 18.0. The number of aliphatic imine (C=N–C) groups is 1. The Bertz CT molecular complexity index is 3080. The zero-order chi connectivity index (χ0) is 50.1. The van der Waals surface area contributed by atoms with Gasteiger partial charge in [-0.05, 0) is 92.5 Å². The van der Waals surface area contributed by atoms with Gasteiger partial charge in [-0.3, -0.25) is 19.1 Å². The van der Waals surface area contributed by atoms with Crippen LogP contribution in [0.5, 0.6) is 0 Å². The van der Waals surface area contributed by atoms with Gasteiger partial charge in [-0.1, -0.05) is 12.1 Å². The van der Waals surface area contributed by atoms with Crippen LogP contribution < -0.4 is 10.6 Å². The van der Waals surface area contributed by atoms with E-state index in [2.05, 4.69) is 30.6 Å². The molecule has 5 aromatic rings. The number of fused-ring (bicyclic) bond motifs is 2. The number of ether oxygens (including phenoxy) is 3. The lowest BCUT2D eigenvalue weighted by Crippen LogP contribution is -2.21. The summed E-state index contributed by atoms with van der Waals surface area (Å²) in [7, 11) is -4.25. The zero-order valence-electron chi connectivity index (χ0n) is 38.9. The van der Waals surface area contributed by atoms with E-state index in [1.807, 2.05) is 0 Å². The zero-order valence-corrected chi connectivity index (χ0v) is 40.6. The van der Waals surface area contributed by atoms with Crippen LogP contribution in [-0.2, 0) is 76.0 Å². The van der Waals surface area contributed by atoms with Crippen molar-refractivity contribution < 1.29 is 58.2 Å². The smallest absolute Gasteiger partial charge is 0.295 e. The first-order chi connectivity index (χ1) is 33.3. The van der Waals surface area contributed by atoms with Crippen LogP contribution in [0.2, 0.25) is 0 Å². The number of carbonyl (C=O) groups excluding carboxylic acids is 2. The molecule has 0 radical (unpaired) electrons. The van der Waals surface area contributed by atoms with Crippen LogP contribution in [0.1, 0.15) is 91.6 Å². The van der Waals surface area contributed by atoms with Crippen molar-refractivity contribution >= 4 is 76.6 Å². The van der Waals surface area contributed by atoms with Crippen molar-refractivity contribution in [3.05, 3.63) is 82.6 Å². The first kappa shape index (κ1) is 50.7. The highest BCUT2D eigenvalue weighted by atomic mass is 32.2. The summed E-state index contributed by atoms with van der Waals surface area (Å²) in [6.07, 6.45) is 1.50. The van der Waals surface area contributed by atoms with Gasteiger partial charge >= 0.3 is 0 Å². The van der Waals surface area contributed by atoms with Crippen LogP contribution in [-0.4, -0.2) is 93.4 Å². The first-order valence-electron chi connectivity index (χ1n) is 22.7. The number of sulfone groups is 2. The number of ketones is 2. The van der Waals surface area contributed by atoms with Crippen molar-refractivity contribution in [1.29, 1.82) is 0 Å². The van der Waals surface area contributed by atoms with Gasteiger partial charge in [-0.15, -0.1) is 0 Å². The fraction of sp³-hybridized carbons (Fsp3) is 0.458. The van der Waals surface area contributed by atoms with E-state index in [4.69, 9.17) is 14.2 Å². The van der Waals surface area contributed by atoms with Crippen molar-refractivity contribution in [3.8, 4) is 0 Å². The van der Waals surface area contributed by atoms with Gasteiger partial charge in [0.15, 0.2) is 31.1 Å². The molecular weight excluding hydrogens is 959 g/mol. The summed E-state index contributed by atoms with van der Waals surface area (Å²) in [5.41, 5.74) is 3.94. The van der Waals surface area contributed by atoms with E-state index < -0.39 is 44.6 Å². The lowest BCUT2D eigenvalue weighted by molar-refractivity contribution is -0.120. The van der Waals surface area contributed by atoms with Gasteiger partial charge in [-0.2, -0.15) is 0 Å². The van der Waals surface area contributed by atoms with Gasteiger partial charge < -0.3 is 24.8 Å². The van der Waals surface area contributed by atoms with E-state index in [-0.39, 0.29) is 105 Å². The highest BCUT2D eigenvalue weighted by Gasteiger charge is 2.34. The molecule has 0 amide bonds. The second kappa shape index (κ2) is 21.0. The molecule has 0 bridgehead atoms. The molecule has 2 saturated carbocycles. The summed E-state index contributed by atoms with van der Waals surface area (Å²) in [4.78, 5) is 42.3. The topological polar surface area (TPSA) is 210 Å². The molecule has 22 heteroatoms. The molecule has 1 saturated heterocycles. The number of hydrogen-bond donors (Lipinski definition) is 2. The monoisotopic (exact) mass is 1010 g/mol. The Balaban J connectivity index is 0.000000191. The number of hydrogen-bond acceptors (Lipinski definition) is 15. The molecule has 1 atom stereocenters. The number of halogens is 4. The van der Waals surface area contributed by atoms with Crippen LogP contribution in [0, 0.1) is 11.8 Å². The molecule has 2 N–H and O–H groups in total. The van der Waals surface area contributed by atoms with E-state index in [0.717, 1.165) is 51.0 Å². The van der Waals surface area contributed by atoms with Gasteiger partial charge in [0, 0.05) is 64.4 Å². The number of Topliss-reactive ketones (excluding diaryl/α,β-unsaturated/α-hetero) is 2. The minimum atomic E-state index is -3.67. The van der Waals surface area contributed by atoms with Crippen molar-refractivity contribution in [2.45, 2.75) is 106 Å². The number of nitrogens with one attached hydrogen (secondary N) is 2. The van der Waals surface area contributed by atoms with Crippen LogP contribution >= 0.6 is 0 Å². The van der Waals surface area contributed by atoms with Crippen LogP contribution in [0.4, 0.5) is 46.0 Å². The molecule has 2 aromatic carbocycles. The summed E-state index contributed by atoms with van der Waals surface area (Å²) < 4.78 is 122. The molecule has 4 aliphatic rings. The van der Waals surface area contributed by atoms with Gasteiger partial charge in [0.1, 0.15) is 29.0 Å². The predicted octanol–water partition coefficient (Wildman–Crippen LogP) is 8.67. The number of aromatic nitrogens is 4. The van der Waals surface area contributed by atoms with Crippen molar-refractivity contribution in [2.24, 2.45) is 16.8 Å². The lowest BCUT2D eigenvalue weighted by Gasteiger charge is -2.25. The largest absolute Gasteiger partial charge is 0.380 e. The molecule has 16 nitrogen and oxygen atoms in total. The maximum Gasteiger partial charge on any atom is 0.295 e. The Labute approximate surface area is 402 Å². The molecule has 374 valence electrons. The van der Waals surface area contributed by atoms with E-state index in [9.17, 15) is 44.0 Å². The maximum absolute atomic E-state index is 14.2. The summed E-state index contributed by atoms with van der Waals surface area (Å²) in [6, 6.07) is 12.8. The second-order valence-corrected chi connectivity index (χ2v) is 22.0. The maximum atomic E-state index is 14.2. The fourth-order valence-electron chi connectivity index (χ4n) is 8.46. The molecule has 3 aromatic heterocycles. The Kier molecular flexibility index (Phi) is 15.2. The number of pyridine rings is 2. The van der Waals surface area contributed by atoms with E-state index in [0.29, 0.717) is 46.9 Å². The molecule has 3 fully saturated rings. The average Bonchev–Trinajstić information content (AvgIpc) is 4.25. The number of nitrogens with zero attached hydrogens (tertiary/aromatic N) is 5. The molecule has 2 aliphatic heterocycles. The standard InChI is InChI=1S/C26H30F2N4O5S.C22H23F2N3O4S/c1-36-14-15-6-9-18(21(11-15)38(2,34)35)30-19-12-17(13-20(33)16-7-8-16)29-25-23(19)31-26(24(27)28)32(25)22-5-3-4-10-37-22;1-31-11-12-3-6-15(20(7-12)32(2,29)30)26-16-8-14(9-19(28)13-4-5-13)25-17-10-18(22(23)24)27-21(16)17/h6,9,11-12,16,22,24H,3-5,7-8,10,13-14H2,1-2H3,(H,29,30);3,6-8,13,22H,4-5,9-11H2,1-2H3,(H,25,26). The summed E-state index contributed by atoms with van der Waals surface area (Å²) in [6.45, 7) is 0.895. The van der Waals surface area contributed by atoms with Gasteiger partial charge in [0.05, 0.1) is 68.5 Å². The minimum absolute atomic E-state index is 0.00251. The number of alkyl halides is 4. The predicted molar refractivity (Wildman–Crippen MR) is 252 cm³/mol. The fourth-order valence-corrected chi connectivity index (χ4v) is 10.2. The number of benzene rings is 2. The summed E-state index contributed by atoms with van der Waals surface area (Å²) in [5.74, 6) is -0.335. The Morgan fingerprint density at radius 1 is 0.714 bits per heavy atom. The minimum Gasteiger partial charge on any atom is -0.380 e. The first-order valence-corrected chi connectivity index (χ1v) is 26.5. The van der Waals surface area contributed by atoms with Gasteiger partial charge in [0.2, 0.25) is 0 Å². The molecule has 70 heavy (non-hydrogen) atoms. The third-order valence-electron chi connectivity index (χ3n) is 12.2. The lowest BCUT2D eigenvalue weighted by atomic mass is 10.1. The van der Waals surface area contributed by atoms with E-state index in [1.54, 1.807) is 36.4 Å². The quantitative estimate of drug-likeness (QED) is 0.0742. The molecule has 2 aliphatic carbocycles. The molecular formula is C48H53F4N7O9S2. The third kappa shape index (κ3) is 11.9. The van der Waals surface area contributed by atoms with E-state index >= 15 is 0 Å². The van der Waals surface area contributed by atoms with E-state index in [1.165, 1.54) is 30.9 Å². The summed E-state index contributed by atoms with van der Waals surface area (Å²) in [5, 5.41) is 6.14. The molecule has 1 unspecified atom stereocenters. The average molecular weight is 1010 g/mol. The highest BCUT2D eigenvalue weighted by molar-refractivity contribution is 7.91. The number of anilines is 4. The normalized spacial score (nSPS) is 17.1. The van der Waals surface area contributed by atoms with Crippen molar-refractivity contribution in [2.75, 3.05) is 44.0 Å². The number of imidazole rings is 1. The van der Waals surface area contributed by atoms with Crippen LogP contribution in [0.3, 0.4) is 0 Å². The highest BCUT2D eigenvalue weighted by Crippen LogP contribution is 2.41. The van der Waals surface area contributed by atoms with Crippen LogP contribution in [0.25, 0.3) is 11.2 Å². The number of methoxy groups -OCH3 is 2. The van der Waals surface area contributed by atoms with Gasteiger partial charge in [-0.25, -0.2) is 49.4 Å². The molecule has 9 rings (SSSR count). The van der Waals surface area contributed by atoms with Crippen LogP contribution in [0.15, 0.2) is 63.3 Å². The number of carbonyl (C=O) groups is 2. The summed E-state index contributed by atoms with van der Waals surface area (Å²) >= 11 is 0. The number of rotatable bonds is 19. The van der Waals surface area contributed by atoms with Gasteiger partial charge in [0.25, 0.3) is 12.9 Å². The molecule has 5 heterocycles. The van der Waals surface area contributed by atoms with Crippen molar-refractivity contribution in [3.63, 3.8) is 0 Å². The third-order valence-corrected chi connectivity index (χ3v) is 14.4. The Hall–Kier alpha value is -5.68. The Morgan fingerprint density at radius 2 is 1.26 bits per heavy atom.